The molecule has 0 amide bonds. The van der Waals surface area contributed by atoms with E-state index in [1.165, 1.54) is 0 Å². The molecule has 0 aromatic carbocycles. The van der Waals surface area contributed by atoms with Crippen LogP contribution in [0.3, 0.4) is 0 Å². The van der Waals surface area contributed by atoms with E-state index >= 15 is 0 Å². The average Bonchev–Trinajstić information content (AvgIpc) is 2.07. The molecule has 0 aromatic rings. The molecule has 0 aliphatic heterocycles. The number of hydrogen-bond acceptors (Lipinski definition) is 0. The predicted molar refractivity (Wildman–Crippen MR) is 115 cm³/mol. The van der Waals surface area contributed by atoms with Crippen molar-refractivity contribution in [1.29, 1.82) is 0 Å². The van der Waals surface area contributed by atoms with Crippen LogP contribution >= 0.6 is 63.7 Å². The fourth-order valence-corrected chi connectivity index (χ4v) is 47.5. The van der Waals surface area contributed by atoms with Gasteiger partial charge in [-0.05, 0) is 0 Å². The van der Waals surface area contributed by atoms with Crippen molar-refractivity contribution in [2.45, 2.75) is 84.3 Å². The Morgan fingerprint density at radius 1 is 0.450 bits per heavy atom. The van der Waals surface area contributed by atoms with Crippen molar-refractivity contribution in [2.75, 3.05) is 0 Å². The van der Waals surface area contributed by atoms with Gasteiger partial charge in [0.1, 0.15) is 0 Å². The Balaban J connectivity index is 6.71. The maximum Gasteiger partial charge on any atom is 0.0839 e. The Bertz CT molecular complexity index is 289. The number of halogens is 4. The molecule has 0 rings (SSSR count). The van der Waals surface area contributed by atoms with Crippen molar-refractivity contribution in [3.8, 4) is 0 Å². The van der Waals surface area contributed by atoms with Crippen LogP contribution in [0.2, 0.25) is 13.1 Å². The van der Waals surface area contributed by atoms with Crippen LogP contribution in [0, 0.1) is 0 Å². The molecule has 0 N–H and O–H groups in total. The second-order valence-corrected chi connectivity index (χ2v) is 34.5. The second kappa shape index (κ2) is 6.01. The molecule has 0 fully saturated rings. The van der Waals surface area contributed by atoms with E-state index in [4.69, 9.17) is 0 Å². The molecular weight excluding hydrogens is 544 g/mol. The maximum absolute atomic E-state index is 4.08. The highest BCUT2D eigenvalue weighted by Gasteiger charge is 2.71. The molecule has 0 spiro atoms. The van der Waals surface area contributed by atoms with E-state index in [-0.39, 0.29) is 15.8 Å². The minimum atomic E-state index is -1.80. The molecule has 0 unspecified atom stereocenters. The van der Waals surface area contributed by atoms with Gasteiger partial charge in [0.2, 0.25) is 0 Å². The van der Waals surface area contributed by atoms with Crippen LogP contribution in [0.5, 0.6) is 0 Å². The summed E-state index contributed by atoms with van der Waals surface area (Å²) < 4.78 is 0.572. The summed E-state index contributed by atoms with van der Waals surface area (Å²) in [5.74, 6) is 0. The van der Waals surface area contributed by atoms with Gasteiger partial charge < -0.3 is 0 Å². The zero-order chi connectivity index (χ0) is 17.0. The molecule has 0 bridgehead atoms. The van der Waals surface area contributed by atoms with Crippen molar-refractivity contribution in [2.24, 2.45) is 0 Å². The van der Waals surface area contributed by atoms with Gasteiger partial charge in [0.15, 0.2) is 0 Å². The summed E-state index contributed by atoms with van der Waals surface area (Å²) in [4.78, 5) is 0. The van der Waals surface area contributed by atoms with Gasteiger partial charge in [0.05, 0.1) is 15.2 Å². The summed E-state index contributed by atoms with van der Waals surface area (Å²) in [6.07, 6.45) is 0. The van der Waals surface area contributed by atoms with Crippen molar-refractivity contribution >= 4 is 78.9 Å². The molecule has 122 valence electrons. The first-order valence-corrected chi connectivity index (χ1v) is 16.2. The van der Waals surface area contributed by atoms with Gasteiger partial charge in [0.25, 0.3) is 0 Å². The number of alkyl halides is 4. The minimum absolute atomic E-state index is 0.143. The highest BCUT2D eigenvalue weighted by molar-refractivity contribution is 9.13. The monoisotopic (exact) mass is 570 g/mol. The Morgan fingerprint density at radius 3 is 0.600 bits per heavy atom. The summed E-state index contributed by atoms with van der Waals surface area (Å²) in [6, 6.07) is 0. The molecule has 0 saturated carbocycles. The number of rotatable bonds is 5. The third kappa shape index (κ3) is 3.40. The lowest BCUT2D eigenvalue weighted by atomic mass is 10.5. The van der Waals surface area contributed by atoms with Gasteiger partial charge in [-0.15, -0.1) is 0 Å². The Hall–Kier alpha value is 2.35. The third-order valence-electron chi connectivity index (χ3n) is 5.76. The van der Waals surface area contributed by atoms with Crippen LogP contribution in [-0.4, -0.2) is 31.0 Å². The van der Waals surface area contributed by atoms with Gasteiger partial charge in [0, 0.05) is 15.8 Å². The summed E-state index contributed by atoms with van der Waals surface area (Å²) in [6.45, 7) is 24.1. The molecule has 0 aliphatic rings. The van der Waals surface area contributed by atoms with Crippen LogP contribution in [0.1, 0.15) is 55.4 Å². The fourth-order valence-electron chi connectivity index (χ4n) is 3.79. The Labute approximate surface area is 162 Å². The second-order valence-electron chi connectivity index (χ2n) is 8.14. The summed E-state index contributed by atoms with van der Waals surface area (Å²) >= 11 is 16.3. The molecule has 0 aliphatic carbocycles. The molecule has 0 saturated heterocycles. The summed E-state index contributed by atoms with van der Waals surface area (Å²) in [5.41, 5.74) is 0. The molecular formula is C14H30Br4Si2. The molecule has 20 heavy (non-hydrogen) atoms. The molecule has 0 atom stereocenters. The van der Waals surface area contributed by atoms with Crippen molar-refractivity contribution < 1.29 is 0 Å². The normalized spacial score (nSPS) is 16.5. The van der Waals surface area contributed by atoms with Gasteiger partial charge in [-0.25, -0.2) is 0 Å². The van der Waals surface area contributed by atoms with Gasteiger partial charge >= 0.3 is 0 Å². The molecule has 0 nitrogen and oxygen atoms in total. The van der Waals surface area contributed by atoms with Crippen molar-refractivity contribution in [3.05, 3.63) is 0 Å². The standard InChI is InChI=1S/C14H30Br4Si2/c1-11(2,15)19(9,12(3,4)16)20(10,13(5,6)17)14(7,8)18/h1-10H3. The SMILES string of the molecule is CC(C)(Br)[Si](C)(C(C)(C)Br)[Si](C)(C(C)(C)Br)C(C)(C)Br. The summed E-state index contributed by atoms with van der Waals surface area (Å²) in [5, 5.41) is 0. The van der Waals surface area contributed by atoms with Crippen molar-refractivity contribution in [1.82, 2.24) is 0 Å². The quantitative estimate of drug-likeness (QED) is 0.244. The molecule has 6 heteroatoms. The van der Waals surface area contributed by atoms with Crippen LogP contribution in [-0.2, 0) is 0 Å². The Kier molecular flexibility index (Phi) is 6.72. The average molecular weight is 574 g/mol. The fraction of sp³-hybridized carbons (Fsp3) is 1.00. The molecule has 0 radical (unpaired) electrons. The first-order chi connectivity index (χ1) is 8.25. The van der Waals surface area contributed by atoms with E-state index < -0.39 is 15.2 Å². The Morgan fingerprint density at radius 2 is 0.550 bits per heavy atom. The zero-order valence-electron chi connectivity index (χ0n) is 14.5. The summed E-state index contributed by atoms with van der Waals surface area (Å²) in [7, 11) is -3.60. The lowest BCUT2D eigenvalue weighted by Crippen LogP contribution is -2.86. The predicted octanol–water partition coefficient (Wildman–Crippen LogP) is 7.07. The topological polar surface area (TPSA) is 0 Å². The van der Waals surface area contributed by atoms with E-state index in [9.17, 15) is 0 Å². The van der Waals surface area contributed by atoms with Crippen LogP contribution in [0.25, 0.3) is 0 Å². The zero-order valence-corrected chi connectivity index (χ0v) is 22.9. The van der Waals surface area contributed by atoms with E-state index in [0.29, 0.717) is 0 Å². The van der Waals surface area contributed by atoms with E-state index in [1.54, 1.807) is 0 Å². The van der Waals surface area contributed by atoms with Crippen LogP contribution < -0.4 is 0 Å². The number of hydrogen-bond donors (Lipinski definition) is 0. The minimum Gasteiger partial charge on any atom is -0.0897 e. The van der Waals surface area contributed by atoms with Gasteiger partial charge in [-0.1, -0.05) is 132 Å². The maximum atomic E-state index is 4.08. The van der Waals surface area contributed by atoms with Gasteiger partial charge in [-0.2, -0.15) is 0 Å². The van der Waals surface area contributed by atoms with Crippen molar-refractivity contribution in [3.63, 3.8) is 0 Å². The third-order valence-corrected chi connectivity index (χ3v) is 44.7. The first kappa shape index (κ1) is 22.4. The molecule has 0 aromatic heterocycles. The van der Waals surface area contributed by atoms with E-state index in [2.05, 4.69) is 132 Å². The van der Waals surface area contributed by atoms with E-state index in [1.807, 2.05) is 0 Å². The highest BCUT2D eigenvalue weighted by Crippen LogP contribution is 2.56. The first-order valence-electron chi connectivity index (χ1n) is 7.01. The van der Waals surface area contributed by atoms with E-state index in [0.717, 1.165) is 0 Å². The highest BCUT2D eigenvalue weighted by atomic mass is 79.9. The smallest absolute Gasteiger partial charge is 0.0839 e. The lowest BCUT2D eigenvalue weighted by Gasteiger charge is -2.64. The van der Waals surface area contributed by atoms with Crippen LogP contribution in [0.4, 0.5) is 0 Å². The largest absolute Gasteiger partial charge is 0.0897 e. The van der Waals surface area contributed by atoms with Crippen LogP contribution in [0.15, 0.2) is 0 Å². The lowest BCUT2D eigenvalue weighted by molar-refractivity contribution is 0.827. The molecule has 0 heterocycles. The van der Waals surface area contributed by atoms with Gasteiger partial charge in [-0.3, -0.25) is 0 Å².